The number of aromatic nitrogens is 1. The fraction of sp³-hybridized carbons (Fsp3) is 0.714. The van der Waals surface area contributed by atoms with Gasteiger partial charge in [-0.2, -0.15) is 0 Å². The first-order chi connectivity index (χ1) is 9.11. The van der Waals surface area contributed by atoms with Gasteiger partial charge in [-0.25, -0.2) is 4.98 Å². The Balaban J connectivity index is 1.60. The molecule has 1 atom stereocenters. The number of hydrogen-bond donors (Lipinski definition) is 2. The summed E-state index contributed by atoms with van der Waals surface area (Å²) >= 11 is 1.53. The van der Waals surface area contributed by atoms with Crippen LogP contribution in [0.15, 0.2) is 5.38 Å². The molecule has 5 heteroatoms. The molecule has 2 fully saturated rings. The summed E-state index contributed by atoms with van der Waals surface area (Å²) in [5.74, 6) is 0.797. The molecule has 1 unspecified atom stereocenters. The van der Waals surface area contributed by atoms with Crippen molar-refractivity contribution in [1.29, 1.82) is 0 Å². The van der Waals surface area contributed by atoms with Crippen LogP contribution in [0.4, 0.5) is 5.13 Å². The molecule has 1 aliphatic heterocycles. The minimum Gasteiger partial charge on any atom is -0.317 e. The Morgan fingerprint density at radius 3 is 2.89 bits per heavy atom. The van der Waals surface area contributed by atoms with Crippen LogP contribution in [0.1, 0.15) is 44.7 Å². The quantitative estimate of drug-likeness (QED) is 0.894. The van der Waals surface area contributed by atoms with E-state index in [1.165, 1.54) is 11.3 Å². The number of carbonyl (C=O) groups excluding carboxylic acids is 1. The maximum atomic E-state index is 12.3. The number of amides is 1. The third kappa shape index (κ3) is 2.54. The molecular formula is C14H21N3OS. The Kier molecular flexibility index (Phi) is 3.35. The van der Waals surface area contributed by atoms with E-state index >= 15 is 0 Å². The predicted octanol–water partition coefficient (Wildman–Crippen LogP) is 2.59. The monoisotopic (exact) mass is 279 g/mol. The lowest BCUT2D eigenvalue weighted by molar-refractivity contribution is -0.118. The van der Waals surface area contributed by atoms with Crippen molar-refractivity contribution in [3.8, 4) is 0 Å². The lowest BCUT2D eigenvalue weighted by Crippen LogP contribution is -2.31. The lowest BCUT2D eigenvalue weighted by Gasteiger charge is -2.22. The average Bonchev–Trinajstić information content (AvgIpc) is 2.86. The molecule has 19 heavy (non-hydrogen) atoms. The zero-order valence-corrected chi connectivity index (χ0v) is 12.3. The van der Waals surface area contributed by atoms with E-state index in [9.17, 15) is 4.79 Å². The van der Waals surface area contributed by atoms with Crippen molar-refractivity contribution in [1.82, 2.24) is 10.3 Å². The van der Waals surface area contributed by atoms with Crippen LogP contribution in [0.25, 0.3) is 0 Å². The summed E-state index contributed by atoms with van der Waals surface area (Å²) in [6.07, 6.45) is 3.34. The predicted molar refractivity (Wildman–Crippen MR) is 77.5 cm³/mol. The summed E-state index contributed by atoms with van der Waals surface area (Å²) in [4.78, 5) is 16.7. The minimum atomic E-state index is 0.173. The normalized spacial score (nSPS) is 24.7. The van der Waals surface area contributed by atoms with E-state index in [0.717, 1.165) is 43.2 Å². The van der Waals surface area contributed by atoms with Gasteiger partial charge in [0.05, 0.1) is 5.69 Å². The second-order valence-electron chi connectivity index (χ2n) is 6.09. The Morgan fingerprint density at radius 1 is 1.53 bits per heavy atom. The van der Waals surface area contributed by atoms with Gasteiger partial charge < -0.3 is 10.6 Å². The molecule has 2 aliphatic rings. The van der Waals surface area contributed by atoms with Crippen molar-refractivity contribution in [2.75, 3.05) is 18.4 Å². The van der Waals surface area contributed by atoms with E-state index < -0.39 is 0 Å². The molecule has 1 amide bonds. The van der Waals surface area contributed by atoms with Crippen molar-refractivity contribution < 1.29 is 4.79 Å². The van der Waals surface area contributed by atoms with Gasteiger partial charge in [-0.1, -0.05) is 13.8 Å². The fourth-order valence-corrected chi connectivity index (χ4v) is 3.87. The molecule has 0 radical (unpaired) electrons. The summed E-state index contributed by atoms with van der Waals surface area (Å²) in [6, 6.07) is 0. The number of nitrogens with one attached hydrogen (secondary N) is 2. The van der Waals surface area contributed by atoms with Crippen LogP contribution in [-0.2, 0) is 4.79 Å². The molecule has 3 rings (SSSR count). The molecule has 2 N–H and O–H groups in total. The van der Waals surface area contributed by atoms with Gasteiger partial charge in [0, 0.05) is 11.3 Å². The first-order valence-corrected chi connectivity index (χ1v) is 7.96. The highest BCUT2D eigenvalue weighted by Gasteiger charge is 2.57. The summed E-state index contributed by atoms with van der Waals surface area (Å²) in [5.41, 5.74) is 1.36. The molecule has 104 valence electrons. The van der Waals surface area contributed by atoms with Crippen LogP contribution in [0.2, 0.25) is 0 Å². The van der Waals surface area contributed by atoms with Crippen molar-refractivity contribution in [2.24, 2.45) is 11.3 Å². The van der Waals surface area contributed by atoms with Crippen LogP contribution in [0.5, 0.6) is 0 Å². The van der Waals surface area contributed by atoms with Crippen molar-refractivity contribution in [2.45, 2.75) is 39.0 Å². The van der Waals surface area contributed by atoms with E-state index in [0.29, 0.717) is 11.3 Å². The van der Waals surface area contributed by atoms with E-state index in [1.807, 2.05) is 5.38 Å². The molecule has 4 nitrogen and oxygen atoms in total. The Hall–Kier alpha value is -0.940. The standard InChI is InChI=1S/C14H21N3OS/c1-9(2)11-8-19-13(16-11)17-12(18)10-7-14(10)3-5-15-6-4-14/h8-10,15H,3-7H2,1-2H3,(H,16,17,18). The molecule has 0 aromatic carbocycles. The average molecular weight is 279 g/mol. The molecule has 1 saturated carbocycles. The van der Waals surface area contributed by atoms with Crippen LogP contribution in [0, 0.1) is 11.3 Å². The van der Waals surface area contributed by atoms with Crippen LogP contribution >= 0.6 is 11.3 Å². The number of piperidine rings is 1. The van der Waals surface area contributed by atoms with Gasteiger partial charge in [0.25, 0.3) is 0 Å². The Labute approximate surface area is 118 Å². The molecule has 1 aliphatic carbocycles. The molecule has 1 saturated heterocycles. The number of rotatable bonds is 3. The maximum absolute atomic E-state index is 12.3. The van der Waals surface area contributed by atoms with Gasteiger partial charge >= 0.3 is 0 Å². The van der Waals surface area contributed by atoms with Crippen LogP contribution in [0.3, 0.4) is 0 Å². The Bertz CT molecular complexity index is 477. The van der Waals surface area contributed by atoms with Gasteiger partial charge in [0.15, 0.2) is 5.13 Å². The van der Waals surface area contributed by atoms with Crippen molar-refractivity contribution >= 4 is 22.4 Å². The van der Waals surface area contributed by atoms with Gasteiger partial charge in [0.1, 0.15) is 0 Å². The number of nitrogens with zero attached hydrogens (tertiary/aromatic N) is 1. The van der Waals surface area contributed by atoms with Crippen molar-refractivity contribution in [3.63, 3.8) is 0 Å². The minimum absolute atomic E-state index is 0.173. The van der Waals surface area contributed by atoms with Gasteiger partial charge in [-0.15, -0.1) is 11.3 Å². The third-order valence-corrected chi connectivity index (χ3v) is 5.23. The van der Waals surface area contributed by atoms with Gasteiger partial charge in [0.2, 0.25) is 5.91 Å². The second-order valence-corrected chi connectivity index (χ2v) is 6.95. The third-order valence-electron chi connectivity index (χ3n) is 4.45. The zero-order chi connectivity index (χ0) is 13.5. The maximum Gasteiger partial charge on any atom is 0.229 e. The van der Waals surface area contributed by atoms with Crippen LogP contribution in [-0.4, -0.2) is 24.0 Å². The molecular weight excluding hydrogens is 258 g/mol. The van der Waals surface area contributed by atoms with E-state index in [1.54, 1.807) is 0 Å². The first kappa shape index (κ1) is 13.1. The number of carbonyl (C=O) groups is 1. The van der Waals surface area contributed by atoms with Gasteiger partial charge in [-0.3, -0.25) is 4.79 Å². The smallest absolute Gasteiger partial charge is 0.229 e. The summed E-state index contributed by atoms with van der Waals surface area (Å²) in [5, 5.41) is 9.15. The first-order valence-electron chi connectivity index (χ1n) is 7.08. The Morgan fingerprint density at radius 2 is 2.26 bits per heavy atom. The lowest BCUT2D eigenvalue weighted by atomic mass is 9.92. The molecule has 0 bridgehead atoms. The van der Waals surface area contributed by atoms with Gasteiger partial charge in [-0.05, 0) is 43.7 Å². The van der Waals surface area contributed by atoms with E-state index in [4.69, 9.17) is 0 Å². The van der Waals surface area contributed by atoms with Crippen LogP contribution < -0.4 is 10.6 Å². The van der Waals surface area contributed by atoms with E-state index in [-0.39, 0.29) is 11.8 Å². The summed E-state index contributed by atoms with van der Waals surface area (Å²) < 4.78 is 0. The SMILES string of the molecule is CC(C)c1csc(NC(=O)C2CC23CCNCC3)n1. The molecule has 1 spiro atoms. The van der Waals surface area contributed by atoms with E-state index in [2.05, 4.69) is 29.5 Å². The molecule has 2 heterocycles. The highest BCUT2D eigenvalue weighted by Crippen LogP contribution is 2.58. The highest BCUT2D eigenvalue weighted by molar-refractivity contribution is 7.13. The number of hydrogen-bond acceptors (Lipinski definition) is 4. The van der Waals surface area contributed by atoms with Crippen molar-refractivity contribution in [3.05, 3.63) is 11.1 Å². The molecule has 1 aromatic heterocycles. The topological polar surface area (TPSA) is 54.0 Å². The summed E-state index contributed by atoms with van der Waals surface area (Å²) in [7, 11) is 0. The number of anilines is 1. The number of thiazole rings is 1. The largest absolute Gasteiger partial charge is 0.317 e. The molecule has 1 aromatic rings. The summed E-state index contributed by atoms with van der Waals surface area (Å²) in [6.45, 7) is 6.34. The fourth-order valence-electron chi connectivity index (χ4n) is 3.00. The zero-order valence-electron chi connectivity index (χ0n) is 11.5. The second kappa shape index (κ2) is 4.87. The highest BCUT2D eigenvalue weighted by atomic mass is 32.1.